The van der Waals surface area contributed by atoms with Crippen molar-refractivity contribution in [2.24, 2.45) is 0 Å². The molecule has 11 nitrogen and oxygen atoms in total. The Morgan fingerprint density at radius 3 is 1.97 bits per heavy atom. The van der Waals surface area contributed by atoms with Gasteiger partial charge in [-0.2, -0.15) is 16.8 Å². The molecule has 36 heavy (non-hydrogen) atoms. The van der Waals surface area contributed by atoms with Gasteiger partial charge in [0.25, 0.3) is 20.2 Å². The van der Waals surface area contributed by atoms with Crippen LogP contribution in [0.2, 0.25) is 0 Å². The number of hydrogen-bond donors (Lipinski definition) is 2. The van der Waals surface area contributed by atoms with Crippen LogP contribution in [0.3, 0.4) is 0 Å². The number of ether oxygens (including phenoxy) is 2. The average Bonchev–Trinajstić information content (AvgIpc) is 2.77. The highest BCUT2D eigenvalue weighted by Crippen LogP contribution is 2.25. The number of methoxy groups -OCH3 is 1. The first-order valence-electron chi connectivity index (χ1n) is 11.1. The Morgan fingerprint density at radius 2 is 1.44 bits per heavy atom. The molecule has 0 bridgehead atoms. The number of esters is 1. The normalized spacial score (nSPS) is 15.6. The van der Waals surface area contributed by atoms with E-state index in [1.807, 2.05) is 37.3 Å². The van der Waals surface area contributed by atoms with Crippen LogP contribution in [0.1, 0.15) is 18.4 Å². The minimum Gasteiger partial charge on any atom is -0.497 e. The van der Waals surface area contributed by atoms with Gasteiger partial charge in [0, 0.05) is 32.7 Å². The second-order valence-electron chi connectivity index (χ2n) is 8.47. The predicted octanol–water partition coefficient (Wildman–Crippen LogP) is 1.75. The summed E-state index contributed by atoms with van der Waals surface area (Å²) in [6, 6.07) is 12.0. The fourth-order valence-corrected chi connectivity index (χ4v) is 3.25. The number of fused-ring (bicyclic) bond motifs is 1. The Kier molecular flexibility index (Phi) is 12.7. The van der Waals surface area contributed by atoms with E-state index in [9.17, 15) is 21.6 Å². The van der Waals surface area contributed by atoms with Crippen LogP contribution in [0.15, 0.2) is 36.4 Å². The number of rotatable bonds is 6. The zero-order valence-corrected chi connectivity index (χ0v) is 22.9. The van der Waals surface area contributed by atoms with Gasteiger partial charge < -0.3 is 14.4 Å². The van der Waals surface area contributed by atoms with E-state index >= 15 is 0 Å². The van der Waals surface area contributed by atoms with Gasteiger partial charge in [-0.05, 0) is 42.4 Å². The first-order chi connectivity index (χ1) is 16.6. The van der Waals surface area contributed by atoms with Gasteiger partial charge in [0.2, 0.25) is 0 Å². The van der Waals surface area contributed by atoms with Crippen molar-refractivity contribution < 1.29 is 40.2 Å². The van der Waals surface area contributed by atoms with Gasteiger partial charge >= 0.3 is 5.97 Å². The second kappa shape index (κ2) is 14.4. The third kappa shape index (κ3) is 14.3. The van der Waals surface area contributed by atoms with Crippen LogP contribution in [0.25, 0.3) is 10.8 Å². The molecular formula is C23H36N2O9S2. The summed E-state index contributed by atoms with van der Waals surface area (Å²) in [6.45, 7) is 7.40. The molecule has 0 amide bonds. The molecule has 204 valence electrons. The molecule has 1 aliphatic heterocycles. The Bertz CT molecular complexity index is 1150. The Hall–Kier alpha value is -2.29. The molecular weight excluding hydrogens is 512 g/mol. The SMILES string of the molecule is COc1ccc2cc(C(C)C(=O)OCCN3CCN(C)CC3)ccc2c1.CS(=O)(=O)O.CS(=O)(=O)O. The van der Waals surface area contributed by atoms with Gasteiger partial charge in [0.1, 0.15) is 12.4 Å². The van der Waals surface area contributed by atoms with Crippen LogP contribution in [0.4, 0.5) is 0 Å². The minimum atomic E-state index is -3.67. The molecule has 2 aromatic carbocycles. The van der Waals surface area contributed by atoms with Crippen molar-refractivity contribution in [3.63, 3.8) is 0 Å². The van der Waals surface area contributed by atoms with E-state index < -0.39 is 20.2 Å². The van der Waals surface area contributed by atoms with Gasteiger partial charge in [-0.1, -0.05) is 24.3 Å². The number of piperazine rings is 1. The van der Waals surface area contributed by atoms with E-state index in [-0.39, 0.29) is 11.9 Å². The summed E-state index contributed by atoms with van der Waals surface area (Å²) in [4.78, 5) is 17.1. The molecule has 13 heteroatoms. The van der Waals surface area contributed by atoms with Crippen molar-refractivity contribution in [1.29, 1.82) is 0 Å². The Labute approximate surface area is 213 Å². The lowest BCUT2D eigenvalue weighted by molar-refractivity contribution is -0.145. The minimum absolute atomic E-state index is 0.160. The maximum Gasteiger partial charge on any atom is 0.313 e. The van der Waals surface area contributed by atoms with Gasteiger partial charge in [0.15, 0.2) is 0 Å². The van der Waals surface area contributed by atoms with Gasteiger partial charge in [0.05, 0.1) is 25.5 Å². The fraction of sp³-hybridized carbons (Fsp3) is 0.522. The highest BCUT2D eigenvalue weighted by Gasteiger charge is 2.19. The van der Waals surface area contributed by atoms with E-state index in [0.717, 1.165) is 54.8 Å². The molecule has 1 atom stereocenters. The molecule has 2 N–H and O–H groups in total. The van der Waals surface area contributed by atoms with Crippen LogP contribution in [-0.4, -0.2) is 108 Å². The van der Waals surface area contributed by atoms with Crippen molar-refractivity contribution in [3.8, 4) is 5.75 Å². The maximum absolute atomic E-state index is 12.4. The van der Waals surface area contributed by atoms with E-state index in [4.69, 9.17) is 18.6 Å². The molecule has 0 saturated carbocycles. The topological polar surface area (TPSA) is 151 Å². The number of likely N-dealkylation sites (N-methyl/N-ethyl adjacent to an activating group) is 1. The van der Waals surface area contributed by atoms with Gasteiger partial charge in [-0.3, -0.25) is 18.8 Å². The third-order valence-corrected chi connectivity index (χ3v) is 5.17. The standard InChI is InChI=1S/C21H28N2O3.2CH4O3S/c1-16(21(24)26-13-12-23-10-8-22(2)9-11-23)17-4-5-19-15-20(25-3)7-6-18(19)14-17;2*1-5(2,3)4/h4-7,14-16H,8-13H2,1-3H3;2*1H3,(H,2,3,4). The van der Waals surface area contributed by atoms with Crippen molar-refractivity contribution in [2.45, 2.75) is 12.8 Å². The molecule has 1 saturated heterocycles. The smallest absolute Gasteiger partial charge is 0.313 e. The van der Waals surface area contributed by atoms with Crippen LogP contribution in [0.5, 0.6) is 5.75 Å². The largest absolute Gasteiger partial charge is 0.497 e. The summed E-state index contributed by atoms with van der Waals surface area (Å²) in [6.07, 6.45) is 1.43. The first-order valence-corrected chi connectivity index (χ1v) is 14.8. The fourth-order valence-electron chi connectivity index (χ4n) is 3.25. The molecule has 2 aromatic rings. The first kappa shape index (κ1) is 31.7. The van der Waals surface area contributed by atoms with Crippen molar-refractivity contribution >= 4 is 37.0 Å². The predicted molar refractivity (Wildman–Crippen MR) is 139 cm³/mol. The summed E-state index contributed by atoms with van der Waals surface area (Å²) in [5.41, 5.74) is 0.979. The summed E-state index contributed by atoms with van der Waals surface area (Å²) in [5.74, 6) is 0.405. The lowest BCUT2D eigenvalue weighted by Gasteiger charge is -2.32. The zero-order valence-electron chi connectivity index (χ0n) is 21.2. The van der Waals surface area contributed by atoms with E-state index in [2.05, 4.69) is 22.9 Å². The maximum atomic E-state index is 12.4. The molecule has 0 radical (unpaired) electrons. The number of carbonyl (C=O) groups is 1. The van der Waals surface area contributed by atoms with Crippen LogP contribution < -0.4 is 4.74 Å². The molecule has 0 aromatic heterocycles. The average molecular weight is 549 g/mol. The lowest BCUT2D eigenvalue weighted by Crippen LogP contribution is -2.45. The monoisotopic (exact) mass is 548 g/mol. The van der Waals surface area contributed by atoms with Crippen molar-refractivity contribution in [3.05, 3.63) is 42.0 Å². The highest BCUT2D eigenvalue weighted by molar-refractivity contribution is 7.85. The number of benzene rings is 2. The summed E-state index contributed by atoms with van der Waals surface area (Å²) < 4.78 is 62.5. The zero-order chi connectivity index (χ0) is 27.5. The third-order valence-electron chi connectivity index (χ3n) is 5.17. The molecule has 1 fully saturated rings. The van der Waals surface area contributed by atoms with Crippen LogP contribution >= 0.6 is 0 Å². The molecule has 0 aliphatic carbocycles. The van der Waals surface area contributed by atoms with Gasteiger partial charge in [-0.15, -0.1) is 0 Å². The van der Waals surface area contributed by atoms with Crippen molar-refractivity contribution in [1.82, 2.24) is 9.80 Å². The number of hydrogen-bond acceptors (Lipinski definition) is 9. The summed E-state index contributed by atoms with van der Waals surface area (Å²) >= 11 is 0. The van der Waals surface area contributed by atoms with Crippen LogP contribution in [-0.2, 0) is 29.8 Å². The lowest BCUT2D eigenvalue weighted by atomic mass is 9.98. The quantitative estimate of drug-likeness (QED) is 0.401. The van der Waals surface area contributed by atoms with E-state index in [1.54, 1.807) is 7.11 Å². The molecule has 1 aliphatic rings. The van der Waals surface area contributed by atoms with E-state index in [0.29, 0.717) is 19.1 Å². The molecule has 1 heterocycles. The second-order valence-corrected chi connectivity index (χ2v) is 11.4. The van der Waals surface area contributed by atoms with Crippen molar-refractivity contribution in [2.75, 3.05) is 66.0 Å². The number of nitrogens with zero attached hydrogens (tertiary/aromatic N) is 2. The van der Waals surface area contributed by atoms with Crippen LogP contribution in [0, 0.1) is 0 Å². The molecule has 3 rings (SSSR count). The molecule has 1 unspecified atom stereocenters. The number of carbonyl (C=O) groups excluding carboxylic acids is 1. The Morgan fingerprint density at radius 1 is 0.944 bits per heavy atom. The highest BCUT2D eigenvalue weighted by atomic mass is 32.2. The van der Waals surface area contributed by atoms with E-state index in [1.165, 1.54) is 0 Å². The summed E-state index contributed by atoms with van der Waals surface area (Å²) in [7, 11) is -3.53. The van der Waals surface area contributed by atoms with Gasteiger partial charge in [-0.25, -0.2) is 0 Å². The molecule has 0 spiro atoms. The summed E-state index contributed by atoms with van der Waals surface area (Å²) in [5, 5.41) is 2.20. The Balaban J connectivity index is 0.000000550.